The molecule has 0 unspecified atom stereocenters. The van der Waals surface area contributed by atoms with Crippen LogP contribution in [0, 0.1) is 21.0 Å². The summed E-state index contributed by atoms with van der Waals surface area (Å²) < 4.78 is 40.6. The minimum Gasteiger partial charge on any atom is -0.479 e. The summed E-state index contributed by atoms with van der Waals surface area (Å²) >= 11 is 3.60. The number of carbonyl (C=O) groups excluding carboxylic acids is 1. The van der Waals surface area contributed by atoms with Crippen LogP contribution in [0.4, 0.5) is 18.9 Å². The van der Waals surface area contributed by atoms with Crippen LogP contribution in [0.15, 0.2) is 35.2 Å². The lowest BCUT2D eigenvalue weighted by Gasteiger charge is -2.32. The van der Waals surface area contributed by atoms with Crippen molar-refractivity contribution >= 4 is 51.9 Å². The topological polar surface area (TPSA) is 86.6 Å². The molecule has 10 heteroatoms. The predicted molar refractivity (Wildman–Crippen MR) is 114 cm³/mol. The molecule has 1 saturated carbocycles. The second kappa shape index (κ2) is 9.15. The molecule has 1 amide bonds. The molecular weight excluding hydrogens is 534 g/mol. The molecular formula is C20H17F3INO4S. The molecule has 1 aliphatic carbocycles. The lowest BCUT2D eigenvalue weighted by molar-refractivity contribution is -0.161. The van der Waals surface area contributed by atoms with Crippen LogP contribution in [0.2, 0.25) is 0 Å². The average molecular weight is 551 g/mol. The molecule has 2 aromatic rings. The molecule has 160 valence electrons. The van der Waals surface area contributed by atoms with Gasteiger partial charge in [0, 0.05) is 37.1 Å². The van der Waals surface area contributed by atoms with E-state index in [1.165, 1.54) is 11.8 Å². The number of benzene rings is 2. The highest BCUT2D eigenvalue weighted by Crippen LogP contribution is 2.39. The number of nitrogens with one attached hydrogen (secondary N) is 1. The number of aliphatic hydroxyl groups is 1. The van der Waals surface area contributed by atoms with Crippen LogP contribution in [-0.4, -0.2) is 32.9 Å². The molecule has 30 heavy (non-hydrogen) atoms. The Balaban J connectivity index is 1.71. The number of anilines is 1. The van der Waals surface area contributed by atoms with Gasteiger partial charge >= 0.3 is 5.97 Å². The van der Waals surface area contributed by atoms with Crippen molar-refractivity contribution in [3.63, 3.8) is 0 Å². The van der Waals surface area contributed by atoms with Gasteiger partial charge in [-0.2, -0.15) is 0 Å². The number of hydrogen-bond acceptors (Lipinski definition) is 4. The Bertz CT molecular complexity index is 973. The van der Waals surface area contributed by atoms with Gasteiger partial charge in [0.25, 0.3) is 5.91 Å². The SMILES string of the molecule is O=C(Nc1cc(F)c(F)c(F)c1)c1ccc(I)c(SC2CCC(O)(C(=O)O)CC2)c1. The molecule has 0 aliphatic heterocycles. The molecule has 5 nitrogen and oxygen atoms in total. The standard InChI is InChI=1S/C20H17F3INO4S/c21-13-8-11(9-14(22)17(13)23)25-18(26)10-1-2-15(24)16(7-10)30-12-3-5-20(29,6-4-12)19(27)28/h1-2,7-9,12,29H,3-6H2,(H,25,26)(H,27,28). The maximum Gasteiger partial charge on any atom is 0.335 e. The second-order valence-electron chi connectivity index (χ2n) is 7.01. The fourth-order valence-electron chi connectivity index (χ4n) is 3.15. The minimum atomic E-state index is -1.69. The van der Waals surface area contributed by atoms with E-state index in [4.69, 9.17) is 5.11 Å². The van der Waals surface area contributed by atoms with Gasteiger partial charge in [0.1, 0.15) is 0 Å². The second-order valence-corrected chi connectivity index (χ2v) is 9.51. The summed E-state index contributed by atoms with van der Waals surface area (Å²) in [6.07, 6.45) is 1.32. The molecule has 1 aliphatic rings. The highest BCUT2D eigenvalue weighted by molar-refractivity contribution is 14.1. The minimum absolute atomic E-state index is 0.0803. The number of amides is 1. The van der Waals surface area contributed by atoms with Crippen molar-refractivity contribution in [1.82, 2.24) is 0 Å². The molecule has 3 rings (SSSR count). The lowest BCUT2D eigenvalue weighted by Crippen LogP contribution is -2.42. The number of carbonyl (C=O) groups is 2. The average Bonchev–Trinajstić information content (AvgIpc) is 2.69. The van der Waals surface area contributed by atoms with Crippen LogP contribution in [-0.2, 0) is 4.79 Å². The zero-order chi connectivity index (χ0) is 22.1. The molecule has 0 heterocycles. The van der Waals surface area contributed by atoms with Crippen molar-refractivity contribution in [2.24, 2.45) is 0 Å². The Kier molecular flexibility index (Phi) is 6.98. The molecule has 2 aromatic carbocycles. The van der Waals surface area contributed by atoms with Crippen molar-refractivity contribution in [3.05, 3.63) is 56.9 Å². The summed E-state index contributed by atoms with van der Waals surface area (Å²) in [5, 5.41) is 21.6. The zero-order valence-corrected chi connectivity index (χ0v) is 18.4. The maximum atomic E-state index is 13.3. The molecule has 3 N–H and O–H groups in total. The molecule has 0 bridgehead atoms. The fourth-order valence-corrected chi connectivity index (χ4v) is 5.07. The normalized spacial score (nSPS) is 21.3. The number of halogens is 4. The third kappa shape index (κ3) is 5.09. The Hall–Kier alpha value is -1.79. The highest BCUT2D eigenvalue weighted by Gasteiger charge is 2.40. The largest absolute Gasteiger partial charge is 0.479 e. The molecule has 0 saturated heterocycles. The number of carboxylic acid groups (broad SMARTS) is 1. The third-order valence-corrected chi connectivity index (χ3v) is 7.59. The molecule has 0 aromatic heterocycles. The first-order valence-electron chi connectivity index (χ1n) is 8.97. The van der Waals surface area contributed by atoms with Crippen LogP contribution in [0.25, 0.3) is 0 Å². The van der Waals surface area contributed by atoms with Gasteiger partial charge in [-0.05, 0) is 66.5 Å². The van der Waals surface area contributed by atoms with E-state index in [9.17, 15) is 27.9 Å². The summed E-state index contributed by atoms with van der Waals surface area (Å²) in [5.41, 5.74) is -1.64. The maximum absolute atomic E-state index is 13.3. The fraction of sp³-hybridized carbons (Fsp3) is 0.300. The van der Waals surface area contributed by atoms with Crippen molar-refractivity contribution in [3.8, 4) is 0 Å². The predicted octanol–water partition coefficient (Wildman–Crippen LogP) is 4.81. The van der Waals surface area contributed by atoms with E-state index >= 15 is 0 Å². The van der Waals surface area contributed by atoms with E-state index in [1.807, 2.05) is 0 Å². The smallest absolute Gasteiger partial charge is 0.335 e. The van der Waals surface area contributed by atoms with Gasteiger partial charge in [0.05, 0.1) is 0 Å². The van der Waals surface area contributed by atoms with Gasteiger partial charge in [0.2, 0.25) is 0 Å². The van der Waals surface area contributed by atoms with Crippen LogP contribution in [0.1, 0.15) is 36.0 Å². The van der Waals surface area contributed by atoms with Gasteiger partial charge in [0.15, 0.2) is 23.1 Å². The van der Waals surface area contributed by atoms with Crippen LogP contribution in [0.5, 0.6) is 0 Å². The van der Waals surface area contributed by atoms with Crippen molar-refractivity contribution < 1.29 is 33.0 Å². The van der Waals surface area contributed by atoms with Gasteiger partial charge in [-0.1, -0.05) is 0 Å². The Morgan fingerprint density at radius 3 is 2.27 bits per heavy atom. The summed E-state index contributed by atoms with van der Waals surface area (Å²) in [4.78, 5) is 24.4. The van der Waals surface area contributed by atoms with E-state index < -0.39 is 34.9 Å². The lowest BCUT2D eigenvalue weighted by atomic mass is 9.85. The summed E-state index contributed by atoms with van der Waals surface area (Å²) in [6, 6.07) is 6.31. The quantitative estimate of drug-likeness (QED) is 0.367. The van der Waals surface area contributed by atoms with Gasteiger partial charge in [-0.25, -0.2) is 18.0 Å². The monoisotopic (exact) mass is 551 g/mol. The van der Waals surface area contributed by atoms with Gasteiger partial charge in [-0.3, -0.25) is 4.79 Å². The van der Waals surface area contributed by atoms with Crippen molar-refractivity contribution in [2.75, 3.05) is 5.32 Å². The first-order valence-corrected chi connectivity index (χ1v) is 10.9. The van der Waals surface area contributed by atoms with Crippen molar-refractivity contribution in [2.45, 2.75) is 41.4 Å². The zero-order valence-electron chi connectivity index (χ0n) is 15.4. The van der Waals surface area contributed by atoms with E-state index in [0.29, 0.717) is 25.0 Å². The Labute approximate surface area is 188 Å². The Morgan fingerprint density at radius 2 is 1.70 bits per heavy atom. The first kappa shape index (κ1) is 22.9. The number of rotatable bonds is 5. The van der Waals surface area contributed by atoms with Crippen LogP contribution >= 0.6 is 34.4 Å². The van der Waals surface area contributed by atoms with E-state index in [0.717, 1.165) is 8.47 Å². The molecule has 0 atom stereocenters. The highest BCUT2D eigenvalue weighted by atomic mass is 127. The van der Waals surface area contributed by atoms with E-state index in [-0.39, 0.29) is 29.3 Å². The molecule has 0 radical (unpaired) electrons. The summed E-state index contributed by atoms with van der Waals surface area (Å²) in [6.45, 7) is 0. The van der Waals surface area contributed by atoms with Crippen LogP contribution in [0.3, 0.4) is 0 Å². The van der Waals surface area contributed by atoms with E-state index in [2.05, 4.69) is 27.9 Å². The van der Waals surface area contributed by atoms with E-state index in [1.54, 1.807) is 18.2 Å². The number of thioether (sulfide) groups is 1. The number of carboxylic acids is 1. The first-order chi connectivity index (χ1) is 14.1. The van der Waals surface area contributed by atoms with Crippen LogP contribution < -0.4 is 5.32 Å². The summed E-state index contributed by atoms with van der Waals surface area (Å²) in [7, 11) is 0. The molecule has 1 fully saturated rings. The van der Waals surface area contributed by atoms with Gasteiger partial charge in [-0.15, -0.1) is 11.8 Å². The third-order valence-electron chi connectivity index (χ3n) is 4.89. The van der Waals surface area contributed by atoms with Crippen molar-refractivity contribution in [1.29, 1.82) is 0 Å². The Morgan fingerprint density at radius 1 is 1.10 bits per heavy atom. The molecule has 0 spiro atoms. The number of hydrogen-bond donors (Lipinski definition) is 3. The summed E-state index contributed by atoms with van der Waals surface area (Å²) in [5.74, 6) is -6.23. The number of aliphatic carboxylic acids is 1. The van der Waals surface area contributed by atoms with Gasteiger partial charge < -0.3 is 15.5 Å².